The molecule has 4 nitrogen and oxygen atoms in total. The summed E-state index contributed by atoms with van der Waals surface area (Å²) >= 11 is 0. The highest BCUT2D eigenvalue weighted by Crippen LogP contribution is 2.56. The molecule has 2 aromatic heterocycles. The third-order valence-electron chi connectivity index (χ3n) is 6.74. The Kier molecular flexibility index (Phi) is 3.98. The lowest BCUT2D eigenvalue weighted by atomic mass is 9.67. The summed E-state index contributed by atoms with van der Waals surface area (Å²) < 4.78 is 2.05. The fraction of sp³-hybridized carbons (Fsp3) is 0.333. The van der Waals surface area contributed by atoms with Crippen molar-refractivity contribution >= 4 is 6.08 Å². The standard InChI is InChI=1S/C24H25N3O/c1-16-3-6-20(7-4-16)27-22-13-19-5-8-21(23(28)17-9-11-25-12-10-17)24(19,2)14-18(22)15-26-27/h3-4,6-7,9-13,15,21,23,28H,5,8,14H2,1-2H3/t21-,23+,24+/m1/s1. The van der Waals surface area contributed by atoms with Crippen molar-refractivity contribution in [3.63, 3.8) is 0 Å². The van der Waals surface area contributed by atoms with E-state index in [4.69, 9.17) is 0 Å². The number of pyridine rings is 1. The van der Waals surface area contributed by atoms with Crippen molar-refractivity contribution in [1.29, 1.82) is 0 Å². The molecule has 0 radical (unpaired) electrons. The Morgan fingerprint density at radius 2 is 1.89 bits per heavy atom. The average Bonchev–Trinajstić information content (AvgIpc) is 3.26. The highest BCUT2D eigenvalue weighted by Gasteiger charge is 2.48. The lowest BCUT2D eigenvalue weighted by Gasteiger charge is -2.38. The van der Waals surface area contributed by atoms with Crippen LogP contribution in [0.3, 0.4) is 0 Å². The van der Waals surface area contributed by atoms with Crippen molar-refractivity contribution in [2.45, 2.75) is 39.2 Å². The van der Waals surface area contributed by atoms with Crippen molar-refractivity contribution in [2.24, 2.45) is 11.3 Å². The number of hydrogen-bond acceptors (Lipinski definition) is 3. The number of rotatable bonds is 3. The van der Waals surface area contributed by atoms with Crippen LogP contribution in [0.2, 0.25) is 0 Å². The van der Waals surface area contributed by atoms with Gasteiger partial charge in [-0.25, -0.2) is 4.68 Å². The van der Waals surface area contributed by atoms with E-state index in [-0.39, 0.29) is 11.3 Å². The van der Waals surface area contributed by atoms with Crippen molar-refractivity contribution in [3.05, 3.63) is 82.9 Å². The zero-order chi connectivity index (χ0) is 19.3. The first-order chi connectivity index (χ1) is 13.6. The molecule has 0 bridgehead atoms. The average molecular weight is 371 g/mol. The van der Waals surface area contributed by atoms with E-state index >= 15 is 0 Å². The first-order valence-electron chi connectivity index (χ1n) is 9.99. The van der Waals surface area contributed by atoms with Crippen LogP contribution in [-0.2, 0) is 6.42 Å². The van der Waals surface area contributed by atoms with Crippen molar-refractivity contribution < 1.29 is 5.11 Å². The first-order valence-corrected chi connectivity index (χ1v) is 9.99. The Balaban J connectivity index is 1.51. The van der Waals surface area contributed by atoms with E-state index in [1.54, 1.807) is 12.4 Å². The molecular formula is C24H25N3O. The minimum Gasteiger partial charge on any atom is -0.388 e. The smallest absolute Gasteiger partial charge is 0.0827 e. The molecule has 0 spiro atoms. The number of nitrogens with zero attached hydrogens (tertiary/aromatic N) is 3. The quantitative estimate of drug-likeness (QED) is 0.728. The SMILES string of the molecule is Cc1ccc(-n2ncc3c2C=C2CC[C@H]([C@@H](O)c4ccncc4)[C@@]2(C)C3)cc1. The second-order valence-electron chi connectivity index (χ2n) is 8.44. The van der Waals surface area contributed by atoms with Crippen molar-refractivity contribution in [1.82, 2.24) is 14.8 Å². The van der Waals surface area contributed by atoms with Gasteiger partial charge in [-0.2, -0.15) is 5.10 Å². The summed E-state index contributed by atoms with van der Waals surface area (Å²) in [5.74, 6) is 0.206. The highest BCUT2D eigenvalue weighted by molar-refractivity contribution is 5.62. The fourth-order valence-electron chi connectivity index (χ4n) is 5.07. The molecule has 0 amide bonds. The van der Waals surface area contributed by atoms with Crippen LogP contribution in [0.4, 0.5) is 0 Å². The Morgan fingerprint density at radius 3 is 2.64 bits per heavy atom. The van der Waals surface area contributed by atoms with Crippen molar-refractivity contribution in [3.8, 4) is 5.69 Å². The molecule has 28 heavy (non-hydrogen) atoms. The molecule has 0 saturated heterocycles. The van der Waals surface area contributed by atoms with Gasteiger partial charge in [0.25, 0.3) is 0 Å². The number of aliphatic hydroxyl groups is 1. The van der Waals surface area contributed by atoms with E-state index in [0.717, 1.165) is 30.5 Å². The maximum Gasteiger partial charge on any atom is 0.0827 e. The summed E-state index contributed by atoms with van der Waals surface area (Å²) in [5, 5.41) is 15.8. The largest absolute Gasteiger partial charge is 0.388 e. The summed E-state index contributed by atoms with van der Waals surface area (Å²) in [5.41, 5.74) is 7.17. The zero-order valence-corrected chi connectivity index (χ0v) is 16.3. The molecule has 0 aliphatic heterocycles. The summed E-state index contributed by atoms with van der Waals surface area (Å²) in [6, 6.07) is 12.4. The third kappa shape index (κ3) is 2.63. The van der Waals surface area contributed by atoms with Gasteiger partial charge >= 0.3 is 0 Å². The van der Waals surface area contributed by atoms with Crippen LogP contribution in [0.5, 0.6) is 0 Å². The molecule has 1 saturated carbocycles. The van der Waals surface area contributed by atoms with Gasteiger partial charge in [-0.1, -0.05) is 30.2 Å². The van der Waals surface area contributed by atoms with E-state index in [1.807, 2.05) is 23.0 Å². The Labute approximate surface area is 165 Å². The number of aliphatic hydroxyl groups excluding tert-OH is 1. The topological polar surface area (TPSA) is 50.9 Å². The summed E-state index contributed by atoms with van der Waals surface area (Å²) in [4.78, 5) is 4.09. The van der Waals surface area contributed by atoms with E-state index in [2.05, 4.69) is 54.3 Å². The number of benzene rings is 1. The Bertz CT molecular complexity index is 1040. The molecule has 1 N–H and O–H groups in total. The minimum absolute atomic E-state index is 0.0309. The Morgan fingerprint density at radius 1 is 1.14 bits per heavy atom. The van der Waals surface area contributed by atoms with E-state index < -0.39 is 6.10 Å². The Hall–Kier alpha value is -2.72. The van der Waals surface area contributed by atoms with E-state index in [0.29, 0.717) is 0 Å². The van der Waals surface area contributed by atoms with Crippen LogP contribution in [0.25, 0.3) is 11.8 Å². The molecule has 2 aliphatic rings. The third-order valence-corrected chi connectivity index (χ3v) is 6.74. The summed E-state index contributed by atoms with van der Waals surface area (Å²) in [6.07, 6.45) is 10.3. The molecule has 3 atom stereocenters. The van der Waals surface area contributed by atoms with Crippen molar-refractivity contribution in [2.75, 3.05) is 0 Å². The summed E-state index contributed by atoms with van der Waals surface area (Å²) in [6.45, 7) is 4.41. The van der Waals surface area contributed by atoms with Crippen LogP contribution in [0, 0.1) is 18.3 Å². The number of aromatic nitrogens is 3. The molecule has 2 aliphatic carbocycles. The number of hydrogen-bond donors (Lipinski definition) is 1. The fourth-order valence-corrected chi connectivity index (χ4v) is 5.07. The van der Waals surface area contributed by atoms with E-state index in [1.165, 1.54) is 22.4 Å². The molecule has 142 valence electrons. The second kappa shape index (κ2) is 6.42. The van der Waals surface area contributed by atoms with Gasteiger partial charge in [-0.15, -0.1) is 0 Å². The van der Waals surface area contributed by atoms with Gasteiger partial charge in [-0.3, -0.25) is 4.98 Å². The lowest BCUT2D eigenvalue weighted by molar-refractivity contribution is 0.0555. The van der Waals surface area contributed by atoms with Gasteiger partial charge in [-0.05, 0) is 79.0 Å². The van der Waals surface area contributed by atoms with Crippen LogP contribution in [0.1, 0.15) is 48.3 Å². The molecule has 0 unspecified atom stereocenters. The zero-order valence-electron chi connectivity index (χ0n) is 16.3. The monoisotopic (exact) mass is 371 g/mol. The number of allylic oxidation sites excluding steroid dienone is 1. The second-order valence-corrected chi connectivity index (χ2v) is 8.44. The molecule has 1 fully saturated rings. The first kappa shape index (κ1) is 17.4. The van der Waals surface area contributed by atoms with Gasteiger partial charge in [0.2, 0.25) is 0 Å². The van der Waals surface area contributed by atoms with Gasteiger partial charge in [0.1, 0.15) is 0 Å². The predicted molar refractivity (Wildman–Crippen MR) is 110 cm³/mol. The predicted octanol–water partition coefficient (Wildman–Crippen LogP) is 4.67. The highest BCUT2D eigenvalue weighted by atomic mass is 16.3. The molecular weight excluding hydrogens is 346 g/mol. The normalized spacial score (nSPS) is 24.4. The van der Waals surface area contributed by atoms with Crippen LogP contribution < -0.4 is 0 Å². The maximum atomic E-state index is 11.1. The minimum atomic E-state index is -0.465. The lowest BCUT2D eigenvalue weighted by Crippen LogP contribution is -2.32. The summed E-state index contributed by atoms with van der Waals surface area (Å²) in [7, 11) is 0. The number of aryl methyl sites for hydroxylation is 1. The molecule has 3 aromatic rings. The van der Waals surface area contributed by atoms with Gasteiger partial charge in [0.15, 0.2) is 0 Å². The van der Waals surface area contributed by atoms with Gasteiger partial charge < -0.3 is 5.11 Å². The molecule has 1 aromatic carbocycles. The van der Waals surface area contributed by atoms with Crippen LogP contribution in [0.15, 0.2) is 60.6 Å². The molecule has 2 heterocycles. The number of fused-ring (bicyclic) bond motifs is 2. The molecule has 4 heteroatoms. The van der Waals surface area contributed by atoms with Crippen LogP contribution in [-0.4, -0.2) is 19.9 Å². The maximum absolute atomic E-state index is 11.1. The van der Waals surface area contributed by atoms with Crippen LogP contribution >= 0.6 is 0 Å². The van der Waals surface area contributed by atoms with Gasteiger partial charge in [0, 0.05) is 12.4 Å². The van der Waals surface area contributed by atoms with Gasteiger partial charge in [0.05, 0.1) is 23.7 Å². The molecule has 5 rings (SSSR count). The van der Waals surface area contributed by atoms with E-state index in [9.17, 15) is 5.11 Å².